The first kappa shape index (κ1) is 16.6. The molecule has 1 N–H and O–H groups in total. The van der Waals surface area contributed by atoms with Crippen LogP contribution in [0.3, 0.4) is 0 Å². The van der Waals surface area contributed by atoms with Crippen molar-refractivity contribution in [2.24, 2.45) is 7.05 Å². The molecule has 9 heteroatoms. The number of carbonyl (C=O) groups is 1. The van der Waals surface area contributed by atoms with E-state index < -0.39 is 12.3 Å². The third kappa shape index (κ3) is 2.93. The Morgan fingerprint density at radius 1 is 1.38 bits per heavy atom. The van der Waals surface area contributed by atoms with Crippen LogP contribution < -0.4 is 5.32 Å². The zero-order valence-corrected chi connectivity index (χ0v) is 14.4. The molecular weight excluding hydrogens is 342 g/mol. The maximum Gasteiger partial charge on any atom is 0.280 e. The summed E-state index contributed by atoms with van der Waals surface area (Å²) in [6.45, 7) is 2.19. The molecule has 0 saturated heterocycles. The van der Waals surface area contributed by atoms with E-state index in [4.69, 9.17) is 0 Å². The molecular formula is C17H18F2N6O. The van der Waals surface area contributed by atoms with E-state index in [1.165, 1.54) is 12.1 Å². The highest BCUT2D eigenvalue weighted by Gasteiger charge is 2.28. The quantitative estimate of drug-likeness (QED) is 0.758. The van der Waals surface area contributed by atoms with Gasteiger partial charge in [0.25, 0.3) is 12.3 Å². The topological polar surface area (TPSA) is 77.1 Å². The highest BCUT2D eigenvalue weighted by atomic mass is 19.3. The fourth-order valence-corrected chi connectivity index (χ4v) is 2.86. The number of aryl methyl sites for hydroxylation is 1. The van der Waals surface area contributed by atoms with Gasteiger partial charge in [0.2, 0.25) is 0 Å². The maximum absolute atomic E-state index is 13.4. The SMILES string of the molecule is Cc1c(CNC(=O)c2cc3nc(C4CC4)cc(C(F)F)n3n2)cnn1C. The van der Waals surface area contributed by atoms with Crippen LogP contribution in [0.1, 0.15) is 58.3 Å². The van der Waals surface area contributed by atoms with Crippen LogP contribution in [-0.4, -0.2) is 30.3 Å². The van der Waals surface area contributed by atoms with Crippen LogP contribution in [0.4, 0.5) is 8.78 Å². The number of rotatable bonds is 5. The lowest BCUT2D eigenvalue weighted by Gasteiger charge is -2.06. The first-order valence-electron chi connectivity index (χ1n) is 8.38. The summed E-state index contributed by atoms with van der Waals surface area (Å²) < 4.78 is 29.5. The molecule has 3 aromatic heterocycles. The average molecular weight is 360 g/mol. The molecule has 26 heavy (non-hydrogen) atoms. The minimum atomic E-state index is -2.69. The smallest absolute Gasteiger partial charge is 0.280 e. The van der Waals surface area contributed by atoms with Crippen molar-refractivity contribution in [1.82, 2.24) is 29.7 Å². The number of hydrogen-bond donors (Lipinski definition) is 1. The molecule has 136 valence electrons. The number of aromatic nitrogens is 5. The molecule has 0 spiro atoms. The van der Waals surface area contributed by atoms with E-state index >= 15 is 0 Å². The van der Waals surface area contributed by atoms with Crippen molar-refractivity contribution in [3.8, 4) is 0 Å². The van der Waals surface area contributed by atoms with E-state index in [9.17, 15) is 13.6 Å². The van der Waals surface area contributed by atoms with Gasteiger partial charge in [0.1, 0.15) is 5.69 Å². The molecule has 0 aliphatic heterocycles. The molecule has 0 unspecified atom stereocenters. The number of fused-ring (bicyclic) bond motifs is 1. The lowest BCUT2D eigenvalue weighted by atomic mass is 10.2. The Kier molecular flexibility index (Phi) is 3.93. The van der Waals surface area contributed by atoms with Gasteiger partial charge in [-0.15, -0.1) is 0 Å². The van der Waals surface area contributed by atoms with Crippen molar-refractivity contribution >= 4 is 11.6 Å². The standard InChI is InChI=1S/C17H18F2N6O/c1-9-11(8-21-24(9)2)7-20-17(26)13-6-15-22-12(10-3-4-10)5-14(16(18)19)25(15)23-13/h5-6,8,10,16H,3-4,7H2,1-2H3,(H,20,26). The molecule has 3 aromatic rings. The number of amides is 1. The number of nitrogens with one attached hydrogen (secondary N) is 1. The number of carbonyl (C=O) groups excluding carboxylic acids is 1. The van der Waals surface area contributed by atoms with Crippen LogP contribution in [0.15, 0.2) is 18.3 Å². The predicted octanol–water partition coefficient (Wildman–Crippen LogP) is 2.52. The van der Waals surface area contributed by atoms with Gasteiger partial charge in [-0.25, -0.2) is 18.3 Å². The third-order valence-electron chi connectivity index (χ3n) is 4.70. The first-order valence-corrected chi connectivity index (χ1v) is 8.38. The highest BCUT2D eigenvalue weighted by molar-refractivity contribution is 5.93. The van der Waals surface area contributed by atoms with E-state index in [0.29, 0.717) is 5.69 Å². The number of alkyl halides is 2. The van der Waals surface area contributed by atoms with E-state index in [-0.39, 0.29) is 29.5 Å². The van der Waals surface area contributed by atoms with E-state index in [0.717, 1.165) is 28.6 Å². The fourth-order valence-electron chi connectivity index (χ4n) is 2.86. The second kappa shape index (κ2) is 6.15. The Balaban J connectivity index is 1.60. The Labute approximate surface area is 148 Å². The van der Waals surface area contributed by atoms with Crippen LogP contribution in [-0.2, 0) is 13.6 Å². The molecule has 0 aromatic carbocycles. The third-order valence-corrected chi connectivity index (χ3v) is 4.70. The van der Waals surface area contributed by atoms with Crippen LogP contribution in [0.2, 0.25) is 0 Å². The second-order valence-electron chi connectivity index (χ2n) is 6.54. The summed E-state index contributed by atoms with van der Waals surface area (Å²) in [5.74, 6) is -0.204. The second-order valence-corrected chi connectivity index (χ2v) is 6.54. The molecule has 1 aliphatic carbocycles. The van der Waals surface area contributed by atoms with Crippen molar-refractivity contribution in [3.05, 3.63) is 46.7 Å². The van der Waals surface area contributed by atoms with Gasteiger partial charge in [-0.3, -0.25) is 9.48 Å². The molecule has 1 saturated carbocycles. The zero-order chi connectivity index (χ0) is 18.4. The minimum absolute atomic E-state index is 0.0638. The van der Waals surface area contributed by atoms with Crippen LogP contribution in [0, 0.1) is 6.92 Å². The molecule has 4 rings (SSSR count). The molecule has 0 atom stereocenters. The summed E-state index contributed by atoms with van der Waals surface area (Å²) in [7, 11) is 1.82. The maximum atomic E-state index is 13.4. The summed E-state index contributed by atoms with van der Waals surface area (Å²) in [5, 5.41) is 10.9. The summed E-state index contributed by atoms with van der Waals surface area (Å²) >= 11 is 0. The molecule has 1 amide bonds. The van der Waals surface area contributed by atoms with Crippen LogP contribution in [0.25, 0.3) is 5.65 Å². The van der Waals surface area contributed by atoms with Gasteiger partial charge in [-0.1, -0.05) is 0 Å². The van der Waals surface area contributed by atoms with Crippen LogP contribution in [0.5, 0.6) is 0 Å². The zero-order valence-electron chi connectivity index (χ0n) is 14.4. The average Bonchev–Trinajstić information content (AvgIpc) is 3.30. The number of hydrogen-bond acceptors (Lipinski definition) is 4. The lowest BCUT2D eigenvalue weighted by molar-refractivity contribution is 0.0944. The van der Waals surface area contributed by atoms with Crippen molar-refractivity contribution in [3.63, 3.8) is 0 Å². The summed E-state index contributed by atoms with van der Waals surface area (Å²) in [4.78, 5) is 16.8. The molecule has 0 radical (unpaired) electrons. The Bertz CT molecular complexity index is 989. The summed E-state index contributed by atoms with van der Waals surface area (Å²) in [6, 6.07) is 2.84. The van der Waals surface area contributed by atoms with E-state index in [1.807, 2.05) is 14.0 Å². The molecule has 3 heterocycles. The van der Waals surface area contributed by atoms with Crippen molar-refractivity contribution in [2.75, 3.05) is 0 Å². The van der Waals surface area contributed by atoms with Crippen molar-refractivity contribution in [2.45, 2.75) is 38.7 Å². The van der Waals surface area contributed by atoms with Crippen molar-refractivity contribution < 1.29 is 13.6 Å². The van der Waals surface area contributed by atoms with Crippen LogP contribution >= 0.6 is 0 Å². The van der Waals surface area contributed by atoms with Gasteiger partial charge >= 0.3 is 0 Å². The molecule has 1 aliphatic rings. The van der Waals surface area contributed by atoms with Gasteiger partial charge < -0.3 is 5.32 Å². The first-order chi connectivity index (χ1) is 12.4. The largest absolute Gasteiger partial charge is 0.346 e. The summed E-state index contributed by atoms with van der Waals surface area (Å²) in [6.07, 6.45) is 0.902. The van der Waals surface area contributed by atoms with Gasteiger partial charge in [0.05, 0.1) is 6.20 Å². The van der Waals surface area contributed by atoms with Gasteiger partial charge in [0, 0.05) is 42.5 Å². The monoisotopic (exact) mass is 360 g/mol. The number of nitrogens with zero attached hydrogens (tertiary/aromatic N) is 5. The lowest BCUT2D eigenvalue weighted by Crippen LogP contribution is -2.23. The highest BCUT2D eigenvalue weighted by Crippen LogP contribution is 2.40. The summed E-state index contributed by atoms with van der Waals surface area (Å²) in [5.41, 5.74) is 2.56. The Morgan fingerprint density at radius 2 is 2.15 bits per heavy atom. The molecule has 0 bridgehead atoms. The van der Waals surface area contributed by atoms with Gasteiger partial charge in [-0.2, -0.15) is 10.2 Å². The molecule has 1 fully saturated rings. The predicted molar refractivity (Wildman–Crippen MR) is 89.0 cm³/mol. The normalized spacial score (nSPS) is 14.3. The van der Waals surface area contributed by atoms with Gasteiger partial charge in [0.15, 0.2) is 11.3 Å². The van der Waals surface area contributed by atoms with E-state index in [2.05, 4.69) is 20.5 Å². The van der Waals surface area contributed by atoms with Crippen molar-refractivity contribution in [1.29, 1.82) is 0 Å². The Hall–Kier alpha value is -2.84. The fraction of sp³-hybridized carbons (Fsp3) is 0.412. The van der Waals surface area contributed by atoms with Gasteiger partial charge in [-0.05, 0) is 25.8 Å². The number of halogens is 2. The molecule has 7 nitrogen and oxygen atoms in total. The Morgan fingerprint density at radius 3 is 2.77 bits per heavy atom. The minimum Gasteiger partial charge on any atom is -0.346 e. The van der Waals surface area contributed by atoms with E-state index in [1.54, 1.807) is 10.9 Å².